The van der Waals surface area contributed by atoms with Crippen LogP contribution in [0.2, 0.25) is 0 Å². The van der Waals surface area contributed by atoms with E-state index < -0.39 is 0 Å². The minimum absolute atomic E-state index is 0.119. The van der Waals surface area contributed by atoms with Crippen molar-refractivity contribution >= 4 is 16.8 Å². The van der Waals surface area contributed by atoms with Crippen molar-refractivity contribution in [2.45, 2.75) is 0 Å². The van der Waals surface area contributed by atoms with Crippen molar-refractivity contribution in [3.63, 3.8) is 0 Å². The summed E-state index contributed by atoms with van der Waals surface area (Å²) in [6.07, 6.45) is 0. The molecule has 2 aromatic rings. The van der Waals surface area contributed by atoms with E-state index >= 15 is 0 Å². The lowest BCUT2D eigenvalue weighted by molar-refractivity contribution is 0.0947. The van der Waals surface area contributed by atoms with Crippen molar-refractivity contribution in [2.24, 2.45) is 0 Å². The Balaban J connectivity index is 2.20. The first-order chi connectivity index (χ1) is 10.0. The van der Waals surface area contributed by atoms with E-state index in [1.54, 1.807) is 14.2 Å². The molecule has 1 heterocycles. The number of carbonyl (C=O) groups is 1. The third kappa shape index (κ3) is 3.46. The molecule has 0 aliphatic rings. The molecule has 0 bridgehead atoms. The standard InChI is InChI=1S/C15H21N3O3/c1-18(2)6-5-16-15(19)12-7-10-8-13(20-3)14(21-4)9-11(10)17-12/h7-9,17H,5-6H2,1-4H3,(H,16,19). The number of fused-ring (bicyclic) bond motifs is 1. The molecule has 2 rings (SSSR count). The number of rotatable bonds is 6. The summed E-state index contributed by atoms with van der Waals surface area (Å²) < 4.78 is 10.5. The van der Waals surface area contributed by atoms with E-state index in [0.29, 0.717) is 23.7 Å². The van der Waals surface area contributed by atoms with Gasteiger partial charge in [-0.25, -0.2) is 0 Å². The van der Waals surface area contributed by atoms with Gasteiger partial charge in [0.15, 0.2) is 11.5 Å². The summed E-state index contributed by atoms with van der Waals surface area (Å²) in [5.74, 6) is 1.15. The third-order valence-corrected chi connectivity index (χ3v) is 3.21. The van der Waals surface area contributed by atoms with Crippen LogP contribution in [0.5, 0.6) is 11.5 Å². The van der Waals surface area contributed by atoms with E-state index in [9.17, 15) is 4.79 Å². The lowest BCUT2D eigenvalue weighted by Gasteiger charge is -2.09. The molecule has 0 radical (unpaired) electrons. The average Bonchev–Trinajstić information content (AvgIpc) is 2.87. The molecule has 0 spiro atoms. The van der Waals surface area contributed by atoms with Crippen molar-refractivity contribution in [1.82, 2.24) is 15.2 Å². The van der Waals surface area contributed by atoms with Crippen LogP contribution in [0.4, 0.5) is 0 Å². The van der Waals surface area contributed by atoms with E-state index in [2.05, 4.69) is 10.3 Å². The molecule has 6 nitrogen and oxygen atoms in total. The Bertz CT molecular complexity index is 593. The normalized spacial score (nSPS) is 10.9. The lowest BCUT2D eigenvalue weighted by Crippen LogP contribution is -2.31. The maximum atomic E-state index is 12.1. The summed E-state index contributed by atoms with van der Waals surface area (Å²) in [4.78, 5) is 17.2. The van der Waals surface area contributed by atoms with Gasteiger partial charge in [-0.15, -0.1) is 0 Å². The quantitative estimate of drug-likeness (QED) is 0.846. The fourth-order valence-corrected chi connectivity index (χ4v) is 2.07. The fourth-order valence-electron chi connectivity index (χ4n) is 2.07. The Morgan fingerprint density at radius 2 is 1.86 bits per heavy atom. The predicted molar refractivity (Wildman–Crippen MR) is 82.3 cm³/mol. The molecule has 0 atom stereocenters. The van der Waals surface area contributed by atoms with Crippen LogP contribution < -0.4 is 14.8 Å². The number of aromatic nitrogens is 1. The molecule has 0 fully saturated rings. The molecule has 21 heavy (non-hydrogen) atoms. The van der Waals surface area contributed by atoms with Crippen LogP contribution in [-0.2, 0) is 0 Å². The average molecular weight is 291 g/mol. The SMILES string of the molecule is COc1cc2cc(C(=O)NCCN(C)C)[nH]c2cc1OC. The van der Waals surface area contributed by atoms with Crippen LogP contribution in [0.15, 0.2) is 18.2 Å². The van der Waals surface area contributed by atoms with Crippen LogP contribution in [-0.4, -0.2) is 57.2 Å². The molecule has 114 valence electrons. The van der Waals surface area contributed by atoms with Gasteiger partial charge in [-0.05, 0) is 26.2 Å². The first kappa shape index (κ1) is 15.2. The van der Waals surface area contributed by atoms with Gasteiger partial charge in [0.1, 0.15) is 5.69 Å². The molecule has 0 saturated carbocycles. The largest absolute Gasteiger partial charge is 0.493 e. The van der Waals surface area contributed by atoms with Gasteiger partial charge in [-0.1, -0.05) is 0 Å². The van der Waals surface area contributed by atoms with Gasteiger partial charge in [0, 0.05) is 30.1 Å². The number of aromatic amines is 1. The van der Waals surface area contributed by atoms with E-state index in [1.165, 1.54) is 0 Å². The van der Waals surface area contributed by atoms with E-state index in [0.717, 1.165) is 17.4 Å². The van der Waals surface area contributed by atoms with Gasteiger partial charge in [0.25, 0.3) is 5.91 Å². The Labute approximate surface area is 124 Å². The molecular weight excluding hydrogens is 270 g/mol. The summed E-state index contributed by atoms with van der Waals surface area (Å²) in [6, 6.07) is 5.48. The zero-order valence-corrected chi connectivity index (χ0v) is 12.8. The van der Waals surface area contributed by atoms with Gasteiger partial charge in [-0.3, -0.25) is 4.79 Å². The van der Waals surface area contributed by atoms with Crippen molar-refractivity contribution in [3.05, 3.63) is 23.9 Å². The molecule has 1 amide bonds. The number of likely N-dealkylation sites (N-methyl/N-ethyl adjacent to an activating group) is 1. The first-order valence-electron chi connectivity index (χ1n) is 6.73. The number of benzene rings is 1. The molecule has 0 aliphatic heterocycles. The van der Waals surface area contributed by atoms with E-state index in [1.807, 2.05) is 37.2 Å². The molecule has 2 N–H and O–H groups in total. The predicted octanol–water partition coefficient (Wildman–Crippen LogP) is 1.48. The number of H-pyrrole nitrogens is 1. The lowest BCUT2D eigenvalue weighted by atomic mass is 10.2. The Kier molecular flexibility index (Phi) is 4.70. The Morgan fingerprint density at radius 1 is 1.19 bits per heavy atom. The van der Waals surface area contributed by atoms with Crippen LogP contribution in [0.1, 0.15) is 10.5 Å². The van der Waals surface area contributed by atoms with Crippen LogP contribution in [0, 0.1) is 0 Å². The summed E-state index contributed by atoms with van der Waals surface area (Å²) in [7, 11) is 7.11. The molecule has 0 unspecified atom stereocenters. The maximum Gasteiger partial charge on any atom is 0.267 e. The number of amides is 1. The highest BCUT2D eigenvalue weighted by Crippen LogP contribution is 2.32. The maximum absolute atomic E-state index is 12.1. The smallest absolute Gasteiger partial charge is 0.267 e. The summed E-state index contributed by atoms with van der Waals surface area (Å²) >= 11 is 0. The Morgan fingerprint density at radius 3 is 2.48 bits per heavy atom. The summed E-state index contributed by atoms with van der Waals surface area (Å²) in [5, 5.41) is 3.78. The fraction of sp³-hybridized carbons (Fsp3) is 0.400. The van der Waals surface area contributed by atoms with Crippen molar-refractivity contribution in [2.75, 3.05) is 41.4 Å². The molecular formula is C15H21N3O3. The highest BCUT2D eigenvalue weighted by molar-refractivity contribution is 5.98. The minimum Gasteiger partial charge on any atom is -0.493 e. The van der Waals surface area contributed by atoms with E-state index in [4.69, 9.17) is 9.47 Å². The molecule has 0 aliphatic carbocycles. The number of methoxy groups -OCH3 is 2. The second-order valence-electron chi connectivity index (χ2n) is 5.04. The number of hydrogen-bond acceptors (Lipinski definition) is 4. The van der Waals surface area contributed by atoms with Crippen LogP contribution >= 0.6 is 0 Å². The van der Waals surface area contributed by atoms with Crippen LogP contribution in [0.3, 0.4) is 0 Å². The first-order valence-corrected chi connectivity index (χ1v) is 6.73. The molecule has 1 aromatic carbocycles. The second kappa shape index (κ2) is 6.49. The Hall–Kier alpha value is -2.21. The number of nitrogens with one attached hydrogen (secondary N) is 2. The van der Waals surface area contributed by atoms with Gasteiger partial charge in [-0.2, -0.15) is 0 Å². The number of nitrogens with zero attached hydrogens (tertiary/aromatic N) is 1. The zero-order chi connectivity index (χ0) is 15.4. The summed E-state index contributed by atoms with van der Waals surface area (Å²) in [5.41, 5.74) is 1.37. The highest BCUT2D eigenvalue weighted by Gasteiger charge is 2.12. The van der Waals surface area contributed by atoms with Gasteiger partial charge < -0.3 is 24.7 Å². The number of ether oxygens (including phenoxy) is 2. The van der Waals surface area contributed by atoms with Gasteiger partial charge >= 0.3 is 0 Å². The number of hydrogen-bond donors (Lipinski definition) is 2. The third-order valence-electron chi connectivity index (χ3n) is 3.21. The van der Waals surface area contributed by atoms with Crippen LogP contribution in [0.25, 0.3) is 10.9 Å². The number of carbonyl (C=O) groups excluding carboxylic acids is 1. The monoisotopic (exact) mass is 291 g/mol. The minimum atomic E-state index is -0.119. The van der Waals surface area contributed by atoms with Gasteiger partial charge in [0.05, 0.1) is 14.2 Å². The molecule has 0 saturated heterocycles. The topological polar surface area (TPSA) is 66.6 Å². The zero-order valence-electron chi connectivity index (χ0n) is 12.8. The second-order valence-corrected chi connectivity index (χ2v) is 5.04. The van der Waals surface area contributed by atoms with E-state index in [-0.39, 0.29) is 5.91 Å². The highest BCUT2D eigenvalue weighted by atomic mass is 16.5. The summed E-state index contributed by atoms with van der Waals surface area (Å²) in [6.45, 7) is 1.40. The van der Waals surface area contributed by atoms with Crippen molar-refractivity contribution in [3.8, 4) is 11.5 Å². The van der Waals surface area contributed by atoms with Crippen molar-refractivity contribution in [1.29, 1.82) is 0 Å². The molecule has 1 aromatic heterocycles. The van der Waals surface area contributed by atoms with Gasteiger partial charge in [0.2, 0.25) is 0 Å². The molecule has 6 heteroatoms. The van der Waals surface area contributed by atoms with Crippen molar-refractivity contribution < 1.29 is 14.3 Å².